The predicted molar refractivity (Wildman–Crippen MR) is 122 cm³/mol. The quantitative estimate of drug-likeness (QED) is 0.210. The fourth-order valence-electron chi connectivity index (χ4n) is 2.61. The van der Waals surface area contributed by atoms with Gasteiger partial charge in [0.15, 0.2) is 0 Å². The Kier molecular flexibility index (Phi) is 7.45. The third-order valence-electron chi connectivity index (χ3n) is 4.55. The molecule has 0 aliphatic carbocycles. The van der Waals surface area contributed by atoms with Crippen LogP contribution in [0.25, 0.3) is 0 Å². The average Bonchev–Trinajstić information content (AvgIpc) is 3.12. The standard InChI is InChI=1S/C21H25N7OS/c1-3-15(2)17-9-11-18(12-10-17)24-19(29)14-30-21-27-26-20(28(21)22)25-23-13-16-7-5-4-6-8-16/h4-13,15H,3,14,22H2,1-2H3,(H,24,29)(H,25,26)/b23-13+. The number of aromatic nitrogens is 3. The summed E-state index contributed by atoms with van der Waals surface area (Å²) in [6, 6.07) is 17.6. The summed E-state index contributed by atoms with van der Waals surface area (Å²) in [6.45, 7) is 4.34. The van der Waals surface area contributed by atoms with Crippen molar-refractivity contribution in [1.29, 1.82) is 0 Å². The van der Waals surface area contributed by atoms with Gasteiger partial charge in [-0.3, -0.25) is 4.79 Å². The molecule has 0 aliphatic rings. The smallest absolute Gasteiger partial charge is 0.264 e. The molecule has 9 heteroatoms. The van der Waals surface area contributed by atoms with Crippen molar-refractivity contribution in [1.82, 2.24) is 14.9 Å². The minimum atomic E-state index is -0.143. The monoisotopic (exact) mass is 423 g/mol. The van der Waals surface area contributed by atoms with E-state index in [-0.39, 0.29) is 17.6 Å². The third-order valence-corrected chi connectivity index (χ3v) is 5.49. The molecule has 1 amide bonds. The number of nitrogens with one attached hydrogen (secondary N) is 2. The lowest BCUT2D eigenvalue weighted by Gasteiger charge is -2.10. The van der Waals surface area contributed by atoms with Gasteiger partial charge in [-0.1, -0.05) is 68.1 Å². The van der Waals surface area contributed by atoms with Crippen LogP contribution >= 0.6 is 11.8 Å². The van der Waals surface area contributed by atoms with Gasteiger partial charge in [0.1, 0.15) is 0 Å². The van der Waals surface area contributed by atoms with Crippen molar-refractivity contribution in [2.75, 3.05) is 22.3 Å². The number of carbonyl (C=O) groups is 1. The van der Waals surface area contributed by atoms with Crippen molar-refractivity contribution < 1.29 is 4.79 Å². The zero-order valence-corrected chi connectivity index (χ0v) is 17.8. The lowest BCUT2D eigenvalue weighted by Crippen LogP contribution is -2.16. The Labute approximate surface area is 179 Å². The first kappa shape index (κ1) is 21.4. The van der Waals surface area contributed by atoms with Crippen molar-refractivity contribution in [2.24, 2.45) is 5.10 Å². The number of anilines is 2. The molecule has 1 unspecified atom stereocenters. The fourth-order valence-corrected chi connectivity index (χ4v) is 3.27. The normalized spacial score (nSPS) is 12.1. The average molecular weight is 424 g/mol. The van der Waals surface area contributed by atoms with Gasteiger partial charge in [-0.05, 0) is 35.6 Å². The topological polar surface area (TPSA) is 110 Å². The minimum Gasteiger partial charge on any atom is -0.334 e. The zero-order chi connectivity index (χ0) is 21.3. The van der Waals surface area contributed by atoms with Gasteiger partial charge in [0, 0.05) is 5.69 Å². The van der Waals surface area contributed by atoms with E-state index in [2.05, 4.69) is 39.9 Å². The summed E-state index contributed by atoms with van der Waals surface area (Å²) in [7, 11) is 0. The molecular formula is C21H25N7OS. The molecule has 8 nitrogen and oxygen atoms in total. The number of thioether (sulfide) groups is 1. The van der Waals surface area contributed by atoms with Crippen molar-refractivity contribution in [3.63, 3.8) is 0 Å². The van der Waals surface area contributed by atoms with E-state index in [1.807, 2.05) is 54.6 Å². The second kappa shape index (κ2) is 10.4. The summed E-state index contributed by atoms with van der Waals surface area (Å²) in [5.74, 6) is 6.79. The predicted octanol–water partition coefficient (Wildman–Crippen LogP) is 3.68. The molecule has 4 N–H and O–H groups in total. The number of hydrazone groups is 1. The van der Waals surface area contributed by atoms with Crippen LogP contribution in [0.5, 0.6) is 0 Å². The molecule has 30 heavy (non-hydrogen) atoms. The maximum absolute atomic E-state index is 12.2. The molecule has 0 aliphatic heterocycles. The Morgan fingerprint density at radius 1 is 1.20 bits per heavy atom. The van der Waals surface area contributed by atoms with Crippen LogP contribution in [0.1, 0.15) is 37.3 Å². The van der Waals surface area contributed by atoms with E-state index < -0.39 is 0 Å². The van der Waals surface area contributed by atoms with Crippen LogP contribution < -0.4 is 16.6 Å². The Bertz CT molecular complexity index is 986. The highest BCUT2D eigenvalue weighted by molar-refractivity contribution is 7.99. The van der Waals surface area contributed by atoms with Gasteiger partial charge < -0.3 is 11.2 Å². The molecule has 2 aromatic carbocycles. The van der Waals surface area contributed by atoms with Gasteiger partial charge in [0.2, 0.25) is 11.1 Å². The molecule has 156 valence electrons. The number of nitrogen functional groups attached to an aromatic ring is 1. The summed E-state index contributed by atoms with van der Waals surface area (Å²) in [6.07, 6.45) is 2.73. The second-order valence-electron chi connectivity index (χ2n) is 6.73. The lowest BCUT2D eigenvalue weighted by atomic mass is 9.99. The summed E-state index contributed by atoms with van der Waals surface area (Å²) < 4.78 is 1.27. The Morgan fingerprint density at radius 3 is 2.63 bits per heavy atom. The number of hydrogen-bond donors (Lipinski definition) is 3. The Hall–Kier alpha value is -3.33. The molecule has 0 saturated heterocycles. The molecule has 0 fully saturated rings. The molecule has 0 saturated carbocycles. The number of nitrogens with zero attached hydrogens (tertiary/aromatic N) is 4. The number of amides is 1. The van der Waals surface area contributed by atoms with Crippen LogP contribution in [-0.4, -0.2) is 32.7 Å². The Balaban J connectivity index is 1.49. The highest BCUT2D eigenvalue weighted by Gasteiger charge is 2.12. The minimum absolute atomic E-state index is 0.143. The number of carbonyl (C=O) groups excluding carboxylic acids is 1. The highest BCUT2D eigenvalue weighted by atomic mass is 32.2. The van der Waals surface area contributed by atoms with E-state index >= 15 is 0 Å². The van der Waals surface area contributed by atoms with Crippen molar-refractivity contribution in [3.8, 4) is 0 Å². The van der Waals surface area contributed by atoms with Gasteiger partial charge in [0.05, 0.1) is 12.0 Å². The lowest BCUT2D eigenvalue weighted by molar-refractivity contribution is -0.113. The van der Waals surface area contributed by atoms with Gasteiger partial charge in [-0.2, -0.15) is 5.10 Å². The van der Waals surface area contributed by atoms with Crippen LogP contribution in [-0.2, 0) is 4.79 Å². The van der Waals surface area contributed by atoms with E-state index in [1.165, 1.54) is 22.0 Å². The van der Waals surface area contributed by atoms with Gasteiger partial charge in [-0.25, -0.2) is 10.1 Å². The summed E-state index contributed by atoms with van der Waals surface area (Å²) in [4.78, 5) is 12.2. The Morgan fingerprint density at radius 2 is 1.93 bits per heavy atom. The SMILES string of the molecule is CCC(C)c1ccc(NC(=O)CSc2nnc(N/N=C/c3ccccc3)n2N)cc1. The summed E-state index contributed by atoms with van der Waals surface area (Å²) in [5, 5.41) is 15.3. The molecule has 0 radical (unpaired) electrons. The van der Waals surface area contributed by atoms with E-state index in [0.29, 0.717) is 11.1 Å². The number of nitrogens with two attached hydrogens (primary N) is 1. The fraction of sp³-hybridized carbons (Fsp3) is 0.238. The number of benzene rings is 2. The molecule has 3 rings (SSSR count). The van der Waals surface area contributed by atoms with E-state index in [0.717, 1.165) is 17.7 Å². The first-order chi connectivity index (χ1) is 14.6. The summed E-state index contributed by atoms with van der Waals surface area (Å²) >= 11 is 1.20. The first-order valence-electron chi connectivity index (χ1n) is 9.64. The van der Waals surface area contributed by atoms with Gasteiger partial charge >= 0.3 is 0 Å². The largest absolute Gasteiger partial charge is 0.334 e. The van der Waals surface area contributed by atoms with Crippen molar-refractivity contribution in [3.05, 3.63) is 65.7 Å². The molecular weight excluding hydrogens is 398 g/mol. The van der Waals surface area contributed by atoms with Gasteiger partial charge in [-0.15, -0.1) is 10.2 Å². The van der Waals surface area contributed by atoms with Crippen LogP contribution in [0.2, 0.25) is 0 Å². The molecule has 3 aromatic rings. The van der Waals surface area contributed by atoms with E-state index in [4.69, 9.17) is 5.84 Å². The number of hydrogen-bond acceptors (Lipinski definition) is 7. The van der Waals surface area contributed by atoms with Crippen molar-refractivity contribution in [2.45, 2.75) is 31.3 Å². The maximum Gasteiger partial charge on any atom is 0.264 e. The molecule has 1 atom stereocenters. The van der Waals surface area contributed by atoms with Crippen LogP contribution in [0.4, 0.5) is 11.6 Å². The van der Waals surface area contributed by atoms with Gasteiger partial charge in [0.25, 0.3) is 5.95 Å². The molecule has 1 heterocycles. The summed E-state index contributed by atoms with van der Waals surface area (Å²) in [5.41, 5.74) is 5.71. The maximum atomic E-state index is 12.2. The number of rotatable bonds is 9. The van der Waals surface area contributed by atoms with Crippen LogP contribution in [0.15, 0.2) is 64.9 Å². The second-order valence-corrected chi connectivity index (χ2v) is 7.67. The highest BCUT2D eigenvalue weighted by Crippen LogP contribution is 2.21. The van der Waals surface area contributed by atoms with Crippen molar-refractivity contribution >= 4 is 35.5 Å². The van der Waals surface area contributed by atoms with E-state index in [1.54, 1.807) is 6.21 Å². The van der Waals surface area contributed by atoms with Crippen LogP contribution in [0, 0.1) is 0 Å². The van der Waals surface area contributed by atoms with E-state index in [9.17, 15) is 4.79 Å². The zero-order valence-electron chi connectivity index (χ0n) is 16.9. The third kappa shape index (κ3) is 5.84. The van der Waals surface area contributed by atoms with Crippen LogP contribution in [0.3, 0.4) is 0 Å². The molecule has 0 bridgehead atoms. The molecule has 0 spiro atoms. The molecule has 1 aromatic heterocycles. The first-order valence-corrected chi connectivity index (χ1v) is 10.6.